The predicted octanol–water partition coefficient (Wildman–Crippen LogP) is 1.31. The Morgan fingerprint density at radius 3 is 2.89 bits per heavy atom. The number of imidazole rings is 1. The van der Waals surface area contributed by atoms with E-state index in [9.17, 15) is 4.79 Å². The van der Waals surface area contributed by atoms with Crippen molar-refractivity contribution in [2.24, 2.45) is 0 Å². The number of hydrogen-bond acceptors (Lipinski definition) is 6. The van der Waals surface area contributed by atoms with E-state index in [-0.39, 0.29) is 18.1 Å². The fraction of sp³-hybridized carbons (Fsp3) is 0.474. The third-order valence-electron chi connectivity index (χ3n) is 4.81. The van der Waals surface area contributed by atoms with Crippen molar-refractivity contribution in [1.82, 2.24) is 14.9 Å². The summed E-state index contributed by atoms with van der Waals surface area (Å²) in [7, 11) is 1.64. The molecule has 0 bridgehead atoms. The van der Waals surface area contributed by atoms with Crippen molar-refractivity contribution in [3.05, 3.63) is 47.5 Å². The maximum Gasteiger partial charge on any atom is 0.271 e. The Balaban J connectivity index is 1.39. The van der Waals surface area contributed by atoms with E-state index in [1.54, 1.807) is 13.4 Å². The molecule has 1 fully saturated rings. The Labute approximate surface area is 157 Å². The second-order valence-corrected chi connectivity index (χ2v) is 6.54. The third kappa shape index (κ3) is 3.97. The third-order valence-corrected chi connectivity index (χ3v) is 4.81. The summed E-state index contributed by atoms with van der Waals surface area (Å²) in [5.74, 6) is 0.591. The molecule has 0 spiro atoms. The van der Waals surface area contributed by atoms with Gasteiger partial charge in [0.25, 0.3) is 5.91 Å². The largest absolute Gasteiger partial charge is 0.497 e. The molecule has 0 saturated carbocycles. The number of aromatic nitrogens is 2. The lowest BCUT2D eigenvalue weighted by Crippen LogP contribution is -2.40. The average Bonchev–Trinajstić information content (AvgIpc) is 3.16. The maximum absolute atomic E-state index is 12.5. The van der Waals surface area contributed by atoms with Crippen LogP contribution in [0, 0.1) is 0 Å². The maximum atomic E-state index is 12.5. The fourth-order valence-electron chi connectivity index (χ4n) is 3.28. The number of carbonyl (C=O) groups excluding carboxylic acids is 1. The number of nitrogens with one attached hydrogen (secondary N) is 1. The highest BCUT2D eigenvalue weighted by Gasteiger charge is 2.27. The van der Waals surface area contributed by atoms with Crippen LogP contribution in [0.25, 0.3) is 0 Å². The number of rotatable bonds is 5. The SMILES string of the molecule is COc1ccc([C@@H]2Cn3cnc(C(=O)NC[C@@H]4COCCO4)c3CO2)cc1. The summed E-state index contributed by atoms with van der Waals surface area (Å²) in [5, 5.41) is 2.87. The summed E-state index contributed by atoms with van der Waals surface area (Å²) in [6.45, 7) is 3.01. The number of carbonyl (C=O) groups is 1. The first-order chi connectivity index (χ1) is 13.2. The monoisotopic (exact) mass is 373 g/mol. The second kappa shape index (κ2) is 8.08. The molecule has 2 aliphatic rings. The Hall–Kier alpha value is -2.42. The molecule has 144 valence electrons. The molecule has 2 atom stereocenters. The number of benzene rings is 1. The second-order valence-electron chi connectivity index (χ2n) is 6.54. The van der Waals surface area contributed by atoms with Crippen LogP contribution in [0.4, 0.5) is 0 Å². The highest BCUT2D eigenvalue weighted by molar-refractivity contribution is 5.93. The molecule has 2 aliphatic heterocycles. The number of ether oxygens (including phenoxy) is 4. The molecule has 4 rings (SSSR count). The van der Waals surface area contributed by atoms with Crippen LogP contribution < -0.4 is 10.1 Å². The lowest BCUT2D eigenvalue weighted by Gasteiger charge is -2.26. The molecule has 1 saturated heterocycles. The van der Waals surface area contributed by atoms with Gasteiger partial charge in [-0.25, -0.2) is 4.98 Å². The zero-order valence-electron chi connectivity index (χ0n) is 15.2. The van der Waals surface area contributed by atoms with Crippen molar-refractivity contribution in [2.75, 3.05) is 33.5 Å². The van der Waals surface area contributed by atoms with Gasteiger partial charge in [-0.1, -0.05) is 12.1 Å². The van der Waals surface area contributed by atoms with Crippen LogP contribution in [0.3, 0.4) is 0 Å². The van der Waals surface area contributed by atoms with E-state index in [2.05, 4.69) is 10.3 Å². The van der Waals surface area contributed by atoms with E-state index in [1.165, 1.54) is 0 Å². The number of hydrogen-bond donors (Lipinski definition) is 1. The summed E-state index contributed by atoms with van der Waals surface area (Å²) >= 11 is 0. The summed E-state index contributed by atoms with van der Waals surface area (Å²) in [6, 6.07) is 7.81. The van der Waals surface area contributed by atoms with Gasteiger partial charge in [-0.2, -0.15) is 0 Å². The van der Waals surface area contributed by atoms with Crippen molar-refractivity contribution in [1.29, 1.82) is 0 Å². The van der Waals surface area contributed by atoms with Crippen molar-refractivity contribution < 1.29 is 23.7 Å². The van der Waals surface area contributed by atoms with E-state index >= 15 is 0 Å². The topological polar surface area (TPSA) is 83.8 Å². The Morgan fingerprint density at radius 1 is 1.30 bits per heavy atom. The van der Waals surface area contributed by atoms with Crippen LogP contribution in [-0.2, 0) is 27.4 Å². The van der Waals surface area contributed by atoms with Gasteiger partial charge in [0.2, 0.25) is 0 Å². The van der Waals surface area contributed by atoms with Gasteiger partial charge in [0, 0.05) is 6.54 Å². The summed E-state index contributed by atoms with van der Waals surface area (Å²) in [6.07, 6.45) is 1.50. The number of methoxy groups -OCH3 is 1. The minimum atomic E-state index is -0.218. The average molecular weight is 373 g/mol. The first kappa shape index (κ1) is 18.0. The fourth-order valence-corrected chi connectivity index (χ4v) is 3.28. The molecule has 0 unspecified atom stereocenters. The molecule has 1 N–H and O–H groups in total. The first-order valence-electron chi connectivity index (χ1n) is 9.01. The molecule has 8 nitrogen and oxygen atoms in total. The standard InChI is InChI=1S/C19H23N3O5/c1-24-14-4-2-13(3-5-14)17-9-22-12-21-18(16(22)11-27-17)19(23)20-8-15-10-25-6-7-26-15/h2-5,12,15,17H,6-11H2,1H3,(H,20,23)/t15-,17+/m1/s1. The summed E-state index contributed by atoms with van der Waals surface area (Å²) in [5.41, 5.74) is 2.26. The van der Waals surface area contributed by atoms with E-state index < -0.39 is 0 Å². The van der Waals surface area contributed by atoms with Crippen LogP contribution in [0.2, 0.25) is 0 Å². The number of nitrogens with zero attached hydrogens (tertiary/aromatic N) is 2. The van der Waals surface area contributed by atoms with Gasteiger partial charge in [-0.3, -0.25) is 4.79 Å². The van der Waals surface area contributed by atoms with Gasteiger partial charge in [-0.05, 0) is 17.7 Å². The van der Waals surface area contributed by atoms with Gasteiger partial charge in [0.15, 0.2) is 5.69 Å². The van der Waals surface area contributed by atoms with Gasteiger partial charge < -0.3 is 28.8 Å². The Morgan fingerprint density at radius 2 is 2.15 bits per heavy atom. The summed E-state index contributed by atoms with van der Waals surface area (Å²) in [4.78, 5) is 16.8. The molecule has 3 heterocycles. The minimum absolute atomic E-state index is 0.0821. The minimum Gasteiger partial charge on any atom is -0.497 e. The molecule has 0 radical (unpaired) electrons. The Kier molecular flexibility index (Phi) is 5.38. The van der Waals surface area contributed by atoms with Gasteiger partial charge in [0.05, 0.1) is 58.2 Å². The quantitative estimate of drug-likeness (QED) is 0.851. The van der Waals surface area contributed by atoms with Crippen molar-refractivity contribution in [3.8, 4) is 5.75 Å². The van der Waals surface area contributed by atoms with E-state index in [0.29, 0.717) is 45.2 Å². The van der Waals surface area contributed by atoms with Crippen LogP contribution in [-0.4, -0.2) is 55.0 Å². The molecular formula is C19H23N3O5. The molecule has 27 heavy (non-hydrogen) atoms. The van der Waals surface area contributed by atoms with Gasteiger partial charge in [-0.15, -0.1) is 0 Å². The molecule has 1 aromatic carbocycles. The summed E-state index contributed by atoms with van der Waals surface area (Å²) < 4.78 is 24.0. The van der Waals surface area contributed by atoms with Gasteiger partial charge in [0.1, 0.15) is 11.9 Å². The smallest absolute Gasteiger partial charge is 0.271 e. The van der Waals surface area contributed by atoms with Gasteiger partial charge >= 0.3 is 0 Å². The van der Waals surface area contributed by atoms with Crippen LogP contribution in [0.5, 0.6) is 5.75 Å². The van der Waals surface area contributed by atoms with E-state index in [1.807, 2.05) is 28.8 Å². The first-order valence-corrected chi connectivity index (χ1v) is 9.01. The van der Waals surface area contributed by atoms with E-state index in [0.717, 1.165) is 17.0 Å². The van der Waals surface area contributed by atoms with Crippen molar-refractivity contribution in [3.63, 3.8) is 0 Å². The van der Waals surface area contributed by atoms with Crippen LogP contribution >= 0.6 is 0 Å². The van der Waals surface area contributed by atoms with Crippen molar-refractivity contribution >= 4 is 5.91 Å². The lowest BCUT2D eigenvalue weighted by molar-refractivity contribution is -0.0855. The zero-order chi connectivity index (χ0) is 18.6. The number of amides is 1. The molecule has 1 amide bonds. The highest BCUT2D eigenvalue weighted by Crippen LogP contribution is 2.28. The zero-order valence-corrected chi connectivity index (χ0v) is 15.2. The Bertz CT molecular complexity index is 783. The highest BCUT2D eigenvalue weighted by atomic mass is 16.6. The lowest BCUT2D eigenvalue weighted by atomic mass is 10.1. The van der Waals surface area contributed by atoms with E-state index in [4.69, 9.17) is 18.9 Å². The molecule has 1 aromatic heterocycles. The predicted molar refractivity (Wildman–Crippen MR) is 95.6 cm³/mol. The molecule has 2 aromatic rings. The molecule has 0 aliphatic carbocycles. The normalized spacial score (nSPS) is 22.1. The van der Waals surface area contributed by atoms with Crippen LogP contribution in [0.15, 0.2) is 30.6 Å². The van der Waals surface area contributed by atoms with Crippen molar-refractivity contribution in [2.45, 2.75) is 25.4 Å². The molecular weight excluding hydrogens is 350 g/mol. The number of fused-ring (bicyclic) bond motifs is 1. The van der Waals surface area contributed by atoms with Crippen LogP contribution in [0.1, 0.15) is 27.8 Å². The molecule has 8 heteroatoms.